The molecule has 0 saturated heterocycles. The third-order valence-electron chi connectivity index (χ3n) is 5.19. The molecule has 1 fully saturated rings. The molecule has 0 aromatic heterocycles. The number of carbonyl (C=O) groups excluding carboxylic acids is 2. The summed E-state index contributed by atoms with van der Waals surface area (Å²) in [7, 11) is 1.71. The number of halogens is 1. The minimum Gasteiger partial charge on any atom is -0.457 e. The van der Waals surface area contributed by atoms with Crippen molar-refractivity contribution in [3.05, 3.63) is 89.7 Å². The smallest absolute Gasteiger partial charge is 0.253 e. The topological polar surface area (TPSA) is 58.6 Å². The molecule has 1 aliphatic carbocycles. The van der Waals surface area contributed by atoms with Gasteiger partial charge in [-0.2, -0.15) is 0 Å². The van der Waals surface area contributed by atoms with E-state index < -0.39 is 0 Å². The summed E-state index contributed by atoms with van der Waals surface area (Å²) in [5.74, 6) is 0.741. The van der Waals surface area contributed by atoms with Crippen molar-refractivity contribution in [2.24, 2.45) is 5.92 Å². The molecule has 0 bridgehead atoms. The molecular weight excluding hydrogens is 395 g/mol. The van der Waals surface area contributed by atoms with E-state index in [2.05, 4.69) is 5.32 Å². The Morgan fingerprint density at radius 3 is 2.23 bits per heavy atom. The maximum Gasteiger partial charge on any atom is 0.253 e. The van der Waals surface area contributed by atoms with Gasteiger partial charge in [-0.1, -0.05) is 24.3 Å². The van der Waals surface area contributed by atoms with Gasteiger partial charge in [0.2, 0.25) is 5.91 Å². The van der Waals surface area contributed by atoms with E-state index in [1.807, 2.05) is 18.2 Å². The molecule has 6 heteroatoms. The highest BCUT2D eigenvalue weighted by Crippen LogP contribution is 2.33. The highest BCUT2D eigenvalue weighted by Gasteiger charge is 2.33. The van der Waals surface area contributed by atoms with Crippen LogP contribution < -0.4 is 15.0 Å². The van der Waals surface area contributed by atoms with Gasteiger partial charge in [0.15, 0.2) is 0 Å². The van der Waals surface area contributed by atoms with Gasteiger partial charge >= 0.3 is 0 Å². The summed E-state index contributed by atoms with van der Waals surface area (Å²) in [5, 5.41) is 2.91. The summed E-state index contributed by atoms with van der Waals surface area (Å²) in [6.07, 6.45) is 1.83. The molecule has 0 heterocycles. The second-order valence-electron chi connectivity index (χ2n) is 7.57. The first-order chi connectivity index (χ1) is 15.0. The number of anilines is 1. The van der Waals surface area contributed by atoms with Crippen molar-refractivity contribution in [1.82, 2.24) is 5.32 Å². The molecule has 1 saturated carbocycles. The Kier molecular flexibility index (Phi) is 5.98. The molecule has 31 heavy (non-hydrogen) atoms. The molecule has 3 aromatic carbocycles. The van der Waals surface area contributed by atoms with Crippen molar-refractivity contribution in [3.8, 4) is 11.5 Å². The summed E-state index contributed by atoms with van der Waals surface area (Å²) in [5.41, 5.74) is 1.98. The van der Waals surface area contributed by atoms with Crippen LogP contribution in [0.4, 0.5) is 10.1 Å². The van der Waals surface area contributed by atoms with E-state index in [4.69, 9.17) is 4.74 Å². The number of para-hydroxylation sites is 1. The quantitative estimate of drug-likeness (QED) is 0.592. The lowest BCUT2D eigenvalue weighted by molar-refractivity contribution is -0.119. The first-order valence-corrected chi connectivity index (χ1v) is 10.2. The first-order valence-electron chi connectivity index (χ1n) is 10.2. The van der Waals surface area contributed by atoms with Gasteiger partial charge in [0.25, 0.3) is 5.91 Å². The fraction of sp³-hybridized carbons (Fsp3) is 0.200. The Hall–Kier alpha value is -3.67. The fourth-order valence-electron chi connectivity index (χ4n) is 3.27. The lowest BCUT2D eigenvalue weighted by Gasteiger charge is -2.20. The molecule has 1 aliphatic rings. The Morgan fingerprint density at radius 2 is 1.58 bits per heavy atom. The van der Waals surface area contributed by atoms with Gasteiger partial charge in [-0.3, -0.25) is 9.59 Å². The van der Waals surface area contributed by atoms with Crippen LogP contribution in [0.2, 0.25) is 0 Å². The third kappa shape index (κ3) is 5.09. The predicted octanol–water partition coefficient (Wildman–Crippen LogP) is 4.92. The molecular formula is C25H23FN2O3. The summed E-state index contributed by atoms with van der Waals surface area (Å²) in [6, 6.07) is 20.2. The van der Waals surface area contributed by atoms with E-state index in [0.717, 1.165) is 18.4 Å². The Balaban J connectivity index is 1.37. The van der Waals surface area contributed by atoms with Crippen molar-refractivity contribution in [2.75, 3.05) is 11.9 Å². The molecule has 5 nitrogen and oxygen atoms in total. The van der Waals surface area contributed by atoms with Crippen LogP contribution in [0.3, 0.4) is 0 Å². The van der Waals surface area contributed by atoms with E-state index in [0.29, 0.717) is 29.3 Å². The maximum atomic E-state index is 13.0. The van der Waals surface area contributed by atoms with Gasteiger partial charge in [-0.25, -0.2) is 4.39 Å². The summed E-state index contributed by atoms with van der Waals surface area (Å²) in [4.78, 5) is 26.8. The first kappa shape index (κ1) is 20.6. The van der Waals surface area contributed by atoms with Crippen LogP contribution >= 0.6 is 0 Å². The number of nitrogens with one attached hydrogen (secondary N) is 1. The normalized spacial score (nSPS) is 12.8. The zero-order valence-electron chi connectivity index (χ0n) is 17.2. The lowest BCUT2D eigenvalue weighted by Crippen LogP contribution is -2.31. The van der Waals surface area contributed by atoms with Gasteiger partial charge in [0.1, 0.15) is 17.3 Å². The summed E-state index contributed by atoms with van der Waals surface area (Å²) in [6.45, 7) is 0.338. The minimum absolute atomic E-state index is 0.0528. The third-order valence-corrected chi connectivity index (χ3v) is 5.19. The molecule has 0 spiro atoms. The van der Waals surface area contributed by atoms with E-state index in [9.17, 15) is 14.0 Å². The van der Waals surface area contributed by atoms with Crippen molar-refractivity contribution >= 4 is 17.5 Å². The van der Waals surface area contributed by atoms with E-state index >= 15 is 0 Å². The van der Waals surface area contributed by atoms with Gasteiger partial charge < -0.3 is 15.0 Å². The molecule has 0 aliphatic heterocycles. The van der Waals surface area contributed by atoms with Crippen molar-refractivity contribution in [3.63, 3.8) is 0 Å². The second-order valence-corrected chi connectivity index (χ2v) is 7.57. The number of hydrogen-bond acceptors (Lipinski definition) is 3. The molecule has 1 N–H and O–H groups in total. The number of amides is 2. The summed E-state index contributed by atoms with van der Waals surface area (Å²) >= 11 is 0. The molecule has 2 amide bonds. The number of nitrogens with zero attached hydrogens (tertiary/aromatic N) is 1. The van der Waals surface area contributed by atoms with Crippen LogP contribution in [-0.2, 0) is 11.3 Å². The zero-order chi connectivity index (χ0) is 21.8. The van der Waals surface area contributed by atoms with Crippen LogP contribution in [-0.4, -0.2) is 18.9 Å². The van der Waals surface area contributed by atoms with Crippen LogP contribution in [0.5, 0.6) is 11.5 Å². The van der Waals surface area contributed by atoms with E-state index in [-0.39, 0.29) is 23.5 Å². The van der Waals surface area contributed by atoms with Crippen LogP contribution in [0.25, 0.3) is 0 Å². The number of carbonyl (C=O) groups is 2. The molecule has 3 aromatic rings. The molecule has 4 rings (SSSR count). The van der Waals surface area contributed by atoms with Crippen LogP contribution in [0.15, 0.2) is 72.8 Å². The predicted molar refractivity (Wildman–Crippen MR) is 117 cm³/mol. The molecule has 158 valence electrons. The van der Waals surface area contributed by atoms with Crippen molar-refractivity contribution in [1.29, 1.82) is 0 Å². The largest absolute Gasteiger partial charge is 0.457 e. The van der Waals surface area contributed by atoms with Gasteiger partial charge in [0, 0.05) is 19.5 Å². The average Bonchev–Trinajstić information content (AvgIpc) is 3.64. The number of ether oxygens (including phenoxy) is 1. The number of hydrogen-bond donors (Lipinski definition) is 1. The van der Waals surface area contributed by atoms with E-state index in [1.54, 1.807) is 54.4 Å². The monoisotopic (exact) mass is 418 g/mol. The van der Waals surface area contributed by atoms with Crippen molar-refractivity contribution < 1.29 is 18.7 Å². The van der Waals surface area contributed by atoms with E-state index in [1.165, 1.54) is 12.1 Å². The SMILES string of the molecule is CN(C(=O)C1CC1)c1ccccc1C(=O)NCc1ccc(Oc2ccc(F)cc2)cc1. The maximum absolute atomic E-state index is 13.0. The number of rotatable bonds is 7. The molecule has 0 atom stereocenters. The lowest BCUT2D eigenvalue weighted by atomic mass is 10.1. The molecule has 0 radical (unpaired) electrons. The fourth-order valence-corrected chi connectivity index (χ4v) is 3.27. The van der Waals surface area contributed by atoms with Crippen LogP contribution in [0.1, 0.15) is 28.8 Å². The number of benzene rings is 3. The average molecular weight is 418 g/mol. The highest BCUT2D eigenvalue weighted by atomic mass is 19.1. The standard InChI is InChI=1S/C25H23FN2O3/c1-28(25(30)18-8-9-18)23-5-3-2-4-22(23)24(29)27-16-17-6-12-20(13-7-17)31-21-14-10-19(26)11-15-21/h2-7,10-15,18H,8-9,16H2,1H3,(H,27,29). The molecule has 0 unspecified atom stereocenters. The Morgan fingerprint density at radius 1 is 0.968 bits per heavy atom. The Labute approximate surface area is 180 Å². The van der Waals surface area contributed by atoms with Gasteiger partial charge in [-0.05, 0) is 66.9 Å². The highest BCUT2D eigenvalue weighted by molar-refractivity contribution is 6.05. The Bertz CT molecular complexity index is 1080. The zero-order valence-corrected chi connectivity index (χ0v) is 17.2. The summed E-state index contributed by atoms with van der Waals surface area (Å²) < 4.78 is 18.7. The van der Waals surface area contributed by atoms with Crippen molar-refractivity contribution in [2.45, 2.75) is 19.4 Å². The minimum atomic E-state index is -0.317. The van der Waals surface area contributed by atoms with Gasteiger partial charge in [0.05, 0.1) is 11.3 Å². The van der Waals surface area contributed by atoms with Gasteiger partial charge in [-0.15, -0.1) is 0 Å². The second kappa shape index (κ2) is 9.00. The van der Waals surface area contributed by atoms with Crippen LogP contribution in [0, 0.1) is 11.7 Å².